The normalized spacial score (nSPS) is 10.2. The molecule has 1 heterocycles. The van der Waals surface area contributed by atoms with Crippen LogP contribution in [0.2, 0.25) is 0 Å². The molecule has 0 N–H and O–H groups in total. The lowest BCUT2D eigenvalue weighted by atomic mass is 10.2. The van der Waals surface area contributed by atoms with E-state index in [0.29, 0.717) is 6.54 Å². The van der Waals surface area contributed by atoms with Crippen molar-refractivity contribution in [2.45, 2.75) is 13.5 Å². The van der Waals surface area contributed by atoms with Crippen molar-refractivity contribution in [2.75, 3.05) is 13.7 Å². The Bertz CT molecular complexity index is 540. The number of amides is 1. The second-order valence-electron chi connectivity index (χ2n) is 4.23. The number of likely N-dealkylation sites (N-methyl/N-ethyl adjacent to an activating group) is 1. The van der Waals surface area contributed by atoms with Gasteiger partial charge in [-0.25, -0.2) is 4.98 Å². The Morgan fingerprint density at radius 2 is 2.21 bits per heavy atom. The van der Waals surface area contributed by atoms with Crippen molar-refractivity contribution in [3.8, 4) is 5.75 Å². The fourth-order valence-corrected chi connectivity index (χ4v) is 2.26. The van der Waals surface area contributed by atoms with Crippen LogP contribution < -0.4 is 4.74 Å². The predicted molar refractivity (Wildman–Crippen MR) is 75.3 cm³/mol. The van der Waals surface area contributed by atoms with Crippen LogP contribution in [0.5, 0.6) is 5.75 Å². The third-order valence-corrected chi connectivity index (χ3v) is 3.49. The lowest BCUT2D eigenvalue weighted by molar-refractivity contribution is -0.132. The number of carbonyl (C=O) groups excluding carboxylic acids is 1. The molecule has 0 aliphatic carbocycles. The van der Waals surface area contributed by atoms with E-state index in [9.17, 15) is 4.79 Å². The molecule has 0 spiro atoms. The summed E-state index contributed by atoms with van der Waals surface area (Å²) < 4.78 is 5.53. The summed E-state index contributed by atoms with van der Waals surface area (Å²) in [5, 5.41) is 2.82. The topological polar surface area (TPSA) is 42.4 Å². The molecule has 0 aliphatic rings. The van der Waals surface area contributed by atoms with Gasteiger partial charge in [-0.15, -0.1) is 11.3 Å². The Morgan fingerprint density at radius 1 is 1.42 bits per heavy atom. The van der Waals surface area contributed by atoms with Crippen molar-refractivity contribution in [2.24, 2.45) is 0 Å². The summed E-state index contributed by atoms with van der Waals surface area (Å²) >= 11 is 1.54. The van der Waals surface area contributed by atoms with E-state index in [-0.39, 0.29) is 12.5 Å². The molecule has 4 nitrogen and oxygen atoms in total. The van der Waals surface area contributed by atoms with Gasteiger partial charge in [-0.1, -0.05) is 18.2 Å². The number of benzene rings is 1. The first-order valence-electron chi connectivity index (χ1n) is 5.97. The fourth-order valence-electron chi connectivity index (χ4n) is 1.59. The summed E-state index contributed by atoms with van der Waals surface area (Å²) in [4.78, 5) is 17.7. The van der Waals surface area contributed by atoms with Crippen molar-refractivity contribution in [3.05, 3.63) is 46.4 Å². The number of thiazole rings is 1. The SMILES string of the molecule is Cc1ccccc1OCC(=O)N(C)Cc1nccs1. The summed E-state index contributed by atoms with van der Waals surface area (Å²) in [6, 6.07) is 7.66. The molecule has 0 saturated heterocycles. The average Bonchev–Trinajstić information content (AvgIpc) is 2.90. The highest BCUT2D eigenvalue weighted by Crippen LogP contribution is 2.16. The standard InChI is InChI=1S/C14H16N2O2S/c1-11-5-3-4-6-12(11)18-10-14(17)16(2)9-13-15-7-8-19-13/h3-8H,9-10H2,1-2H3. The fraction of sp³-hybridized carbons (Fsp3) is 0.286. The van der Waals surface area contributed by atoms with Crippen LogP contribution in [-0.4, -0.2) is 29.4 Å². The zero-order valence-electron chi connectivity index (χ0n) is 11.0. The Hall–Kier alpha value is -1.88. The maximum atomic E-state index is 11.9. The number of rotatable bonds is 5. The number of aryl methyl sites for hydroxylation is 1. The minimum atomic E-state index is -0.0570. The van der Waals surface area contributed by atoms with Gasteiger partial charge < -0.3 is 9.64 Å². The van der Waals surface area contributed by atoms with Gasteiger partial charge in [0.25, 0.3) is 5.91 Å². The van der Waals surface area contributed by atoms with Crippen molar-refractivity contribution in [1.82, 2.24) is 9.88 Å². The highest BCUT2D eigenvalue weighted by atomic mass is 32.1. The Labute approximate surface area is 116 Å². The molecule has 0 unspecified atom stereocenters. The number of carbonyl (C=O) groups is 1. The number of hydrogen-bond donors (Lipinski definition) is 0. The van der Waals surface area contributed by atoms with Gasteiger partial charge in [0.15, 0.2) is 6.61 Å². The molecular weight excluding hydrogens is 260 g/mol. The molecule has 1 aromatic heterocycles. The summed E-state index contributed by atoms with van der Waals surface area (Å²) in [5.41, 5.74) is 1.03. The van der Waals surface area contributed by atoms with Crippen LogP contribution in [0.3, 0.4) is 0 Å². The molecule has 19 heavy (non-hydrogen) atoms. The van der Waals surface area contributed by atoms with Crippen LogP contribution in [0, 0.1) is 6.92 Å². The van der Waals surface area contributed by atoms with Gasteiger partial charge in [0.05, 0.1) is 6.54 Å². The smallest absolute Gasteiger partial charge is 0.260 e. The largest absolute Gasteiger partial charge is 0.484 e. The van der Waals surface area contributed by atoms with Gasteiger partial charge in [0, 0.05) is 18.6 Å². The van der Waals surface area contributed by atoms with Crippen LogP contribution in [0.1, 0.15) is 10.6 Å². The molecule has 1 aromatic carbocycles. The molecule has 0 fully saturated rings. The Morgan fingerprint density at radius 3 is 2.89 bits per heavy atom. The molecule has 0 aliphatic heterocycles. The Kier molecular flexibility index (Phi) is 4.52. The van der Waals surface area contributed by atoms with Gasteiger partial charge in [-0.2, -0.15) is 0 Å². The van der Waals surface area contributed by atoms with Gasteiger partial charge in [-0.05, 0) is 18.6 Å². The molecule has 0 atom stereocenters. The summed E-state index contributed by atoms with van der Waals surface area (Å²) in [5.74, 6) is 0.692. The highest BCUT2D eigenvalue weighted by molar-refractivity contribution is 7.09. The van der Waals surface area contributed by atoms with Crippen LogP contribution in [0.25, 0.3) is 0 Å². The third-order valence-electron chi connectivity index (χ3n) is 2.73. The number of aromatic nitrogens is 1. The summed E-state index contributed by atoms with van der Waals surface area (Å²) in [7, 11) is 1.75. The minimum absolute atomic E-state index is 0.0483. The van der Waals surface area contributed by atoms with E-state index in [4.69, 9.17) is 4.74 Å². The highest BCUT2D eigenvalue weighted by Gasteiger charge is 2.11. The molecule has 2 rings (SSSR count). The van der Waals surface area contributed by atoms with Gasteiger partial charge in [0.2, 0.25) is 0 Å². The van der Waals surface area contributed by atoms with Crippen molar-refractivity contribution in [3.63, 3.8) is 0 Å². The van der Waals surface area contributed by atoms with Gasteiger partial charge in [0.1, 0.15) is 10.8 Å². The first-order valence-corrected chi connectivity index (χ1v) is 6.85. The number of nitrogens with zero attached hydrogens (tertiary/aromatic N) is 2. The maximum Gasteiger partial charge on any atom is 0.260 e. The Balaban J connectivity index is 1.86. The van der Waals surface area contributed by atoms with Gasteiger partial charge >= 0.3 is 0 Å². The number of para-hydroxylation sites is 1. The zero-order valence-corrected chi connectivity index (χ0v) is 11.8. The van der Waals surface area contributed by atoms with Crippen molar-refractivity contribution in [1.29, 1.82) is 0 Å². The quantitative estimate of drug-likeness (QED) is 0.842. The van der Waals surface area contributed by atoms with Crippen molar-refractivity contribution >= 4 is 17.2 Å². The molecule has 2 aromatic rings. The maximum absolute atomic E-state index is 11.9. The van der Waals surface area contributed by atoms with E-state index in [2.05, 4.69) is 4.98 Å². The van der Waals surface area contributed by atoms with E-state index in [0.717, 1.165) is 16.3 Å². The molecular formula is C14H16N2O2S. The average molecular weight is 276 g/mol. The second kappa shape index (κ2) is 6.33. The van der Waals surface area contributed by atoms with Gasteiger partial charge in [-0.3, -0.25) is 4.79 Å². The molecule has 5 heteroatoms. The molecule has 0 bridgehead atoms. The van der Waals surface area contributed by atoms with Crippen LogP contribution >= 0.6 is 11.3 Å². The molecule has 0 saturated carbocycles. The summed E-state index contributed by atoms with van der Waals surface area (Å²) in [6.07, 6.45) is 1.74. The number of hydrogen-bond acceptors (Lipinski definition) is 4. The zero-order chi connectivity index (χ0) is 13.7. The van der Waals surface area contributed by atoms with Crippen LogP contribution in [-0.2, 0) is 11.3 Å². The first kappa shape index (κ1) is 13.5. The van der Waals surface area contributed by atoms with Crippen LogP contribution in [0.15, 0.2) is 35.8 Å². The second-order valence-corrected chi connectivity index (χ2v) is 5.21. The first-order chi connectivity index (χ1) is 9.16. The third kappa shape index (κ3) is 3.79. The van der Waals surface area contributed by atoms with Crippen molar-refractivity contribution < 1.29 is 9.53 Å². The predicted octanol–water partition coefficient (Wildman–Crippen LogP) is 2.49. The molecule has 1 amide bonds. The summed E-state index contributed by atoms with van der Waals surface area (Å²) in [6.45, 7) is 2.53. The lowest BCUT2D eigenvalue weighted by Crippen LogP contribution is -2.31. The van der Waals surface area contributed by atoms with E-state index in [1.54, 1.807) is 18.1 Å². The monoisotopic (exact) mass is 276 g/mol. The van der Waals surface area contributed by atoms with E-state index < -0.39 is 0 Å². The van der Waals surface area contributed by atoms with E-state index in [1.165, 1.54) is 11.3 Å². The van der Waals surface area contributed by atoms with Crippen LogP contribution in [0.4, 0.5) is 0 Å². The minimum Gasteiger partial charge on any atom is -0.484 e. The van der Waals surface area contributed by atoms with E-state index in [1.807, 2.05) is 36.6 Å². The number of ether oxygens (including phenoxy) is 1. The van der Waals surface area contributed by atoms with E-state index >= 15 is 0 Å². The molecule has 100 valence electrons. The lowest BCUT2D eigenvalue weighted by Gasteiger charge is -2.16. The molecule has 0 radical (unpaired) electrons.